The van der Waals surface area contributed by atoms with Gasteiger partial charge in [-0.25, -0.2) is 13.1 Å². The first-order valence-corrected chi connectivity index (χ1v) is 15.1. The van der Waals surface area contributed by atoms with Crippen LogP contribution in [0.3, 0.4) is 0 Å². The molecule has 0 saturated heterocycles. The number of aromatic nitrogens is 4. The standard InChI is InChI=1S/C30H27Cl2N5O4S/c1-40-28-15-13-25(18-29(28)41-2)42(38,39)37(20-30-33-34-35-36(30)19-21-8-4-3-5-9-21)27-14-12-24(31)17-23(27)16-22-10-6-7-11-26(22)32/h3-15,17-18H,16,19-20H2,1-2H3. The van der Waals surface area contributed by atoms with Crippen molar-refractivity contribution in [2.45, 2.75) is 24.4 Å². The van der Waals surface area contributed by atoms with Gasteiger partial charge >= 0.3 is 0 Å². The molecule has 0 unspecified atom stereocenters. The van der Waals surface area contributed by atoms with Crippen molar-refractivity contribution in [3.8, 4) is 11.5 Å². The first kappa shape index (κ1) is 29.4. The summed E-state index contributed by atoms with van der Waals surface area (Å²) < 4.78 is 42.5. The zero-order valence-electron chi connectivity index (χ0n) is 22.8. The first-order chi connectivity index (χ1) is 20.3. The Bertz CT molecular complexity index is 1800. The number of halogens is 2. The topological polar surface area (TPSA) is 99.4 Å². The van der Waals surface area contributed by atoms with Crippen LogP contribution in [0.25, 0.3) is 0 Å². The van der Waals surface area contributed by atoms with Crippen molar-refractivity contribution in [1.82, 2.24) is 20.2 Å². The van der Waals surface area contributed by atoms with E-state index >= 15 is 0 Å². The molecule has 0 aliphatic heterocycles. The Morgan fingerprint density at radius 3 is 2.31 bits per heavy atom. The van der Waals surface area contributed by atoms with Gasteiger partial charge in [0, 0.05) is 22.5 Å². The molecule has 0 saturated carbocycles. The summed E-state index contributed by atoms with van der Waals surface area (Å²) >= 11 is 12.9. The van der Waals surface area contributed by atoms with Crippen LogP contribution in [0, 0.1) is 0 Å². The second-order valence-corrected chi connectivity index (χ2v) is 12.0. The van der Waals surface area contributed by atoms with E-state index in [0.717, 1.165) is 11.1 Å². The highest BCUT2D eigenvalue weighted by Gasteiger charge is 2.30. The number of nitrogens with zero attached hydrogens (tertiary/aromatic N) is 5. The van der Waals surface area contributed by atoms with Crippen LogP contribution in [-0.2, 0) is 29.5 Å². The summed E-state index contributed by atoms with van der Waals surface area (Å²) in [6, 6.07) is 26.6. The van der Waals surface area contributed by atoms with E-state index in [1.807, 2.05) is 48.5 Å². The van der Waals surface area contributed by atoms with E-state index in [4.69, 9.17) is 32.7 Å². The first-order valence-electron chi connectivity index (χ1n) is 12.9. The van der Waals surface area contributed by atoms with Crippen LogP contribution in [0.2, 0.25) is 10.0 Å². The highest BCUT2D eigenvalue weighted by atomic mass is 35.5. The lowest BCUT2D eigenvalue weighted by atomic mass is 10.0. The van der Waals surface area contributed by atoms with Gasteiger partial charge in [-0.2, -0.15) is 0 Å². The number of sulfonamides is 1. The summed E-state index contributed by atoms with van der Waals surface area (Å²) in [5.41, 5.74) is 2.84. The SMILES string of the molecule is COc1ccc(S(=O)(=O)N(Cc2nnnn2Cc2ccccc2)c2ccc(Cl)cc2Cc2ccccc2Cl)cc1OC. The Labute approximate surface area is 254 Å². The Morgan fingerprint density at radius 2 is 1.57 bits per heavy atom. The Hall–Kier alpha value is -4.12. The maximum atomic E-state index is 14.4. The van der Waals surface area contributed by atoms with Crippen LogP contribution in [0.5, 0.6) is 11.5 Å². The summed E-state index contributed by atoms with van der Waals surface area (Å²) in [6.07, 6.45) is 0.336. The van der Waals surface area contributed by atoms with Crippen LogP contribution in [0.4, 0.5) is 5.69 Å². The van der Waals surface area contributed by atoms with E-state index in [9.17, 15) is 8.42 Å². The van der Waals surface area contributed by atoms with Crippen molar-refractivity contribution in [3.63, 3.8) is 0 Å². The van der Waals surface area contributed by atoms with Crippen LogP contribution >= 0.6 is 23.2 Å². The molecule has 42 heavy (non-hydrogen) atoms. The average Bonchev–Trinajstić information content (AvgIpc) is 3.43. The molecule has 0 N–H and O–H groups in total. The number of hydrogen-bond donors (Lipinski definition) is 0. The molecule has 0 aliphatic rings. The molecule has 12 heteroatoms. The van der Waals surface area contributed by atoms with Gasteiger partial charge < -0.3 is 9.47 Å². The predicted molar refractivity (Wildman–Crippen MR) is 162 cm³/mol. The normalized spacial score (nSPS) is 11.3. The highest BCUT2D eigenvalue weighted by molar-refractivity contribution is 7.92. The maximum Gasteiger partial charge on any atom is 0.264 e. The van der Waals surface area contributed by atoms with E-state index in [1.54, 1.807) is 35.0 Å². The molecule has 216 valence electrons. The van der Waals surface area contributed by atoms with Crippen LogP contribution in [0.1, 0.15) is 22.5 Å². The second kappa shape index (κ2) is 12.8. The largest absolute Gasteiger partial charge is 0.493 e. The lowest BCUT2D eigenvalue weighted by molar-refractivity contribution is 0.354. The number of rotatable bonds is 11. The van der Waals surface area contributed by atoms with Gasteiger partial charge in [0.15, 0.2) is 17.3 Å². The molecule has 0 fully saturated rings. The Balaban J connectivity index is 1.63. The molecular formula is C30H27Cl2N5O4S. The van der Waals surface area contributed by atoms with Gasteiger partial charge in [-0.15, -0.1) is 5.10 Å². The molecule has 5 rings (SSSR count). The van der Waals surface area contributed by atoms with Crippen LogP contribution < -0.4 is 13.8 Å². The van der Waals surface area contributed by atoms with E-state index in [2.05, 4.69) is 15.5 Å². The fraction of sp³-hybridized carbons (Fsp3) is 0.167. The third kappa shape index (κ3) is 6.35. The molecule has 1 heterocycles. The van der Waals surface area contributed by atoms with Gasteiger partial charge in [0.1, 0.15) is 0 Å². The van der Waals surface area contributed by atoms with Crippen LogP contribution in [-0.4, -0.2) is 42.8 Å². The van der Waals surface area contributed by atoms with Crippen molar-refractivity contribution >= 4 is 38.9 Å². The minimum Gasteiger partial charge on any atom is -0.493 e. The molecule has 0 radical (unpaired) electrons. The monoisotopic (exact) mass is 623 g/mol. The summed E-state index contributed by atoms with van der Waals surface area (Å²) in [6.45, 7) is 0.203. The molecule has 0 spiro atoms. The minimum atomic E-state index is -4.20. The van der Waals surface area contributed by atoms with Crippen molar-refractivity contribution < 1.29 is 17.9 Å². The number of benzene rings is 4. The quantitative estimate of drug-likeness (QED) is 0.177. The number of ether oxygens (including phenoxy) is 2. The van der Waals surface area contributed by atoms with Crippen molar-refractivity contribution in [2.24, 2.45) is 0 Å². The van der Waals surface area contributed by atoms with E-state index in [-0.39, 0.29) is 17.2 Å². The fourth-order valence-electron chi connectivity index (χ4n) is 4.53. The summed E-state index contributed by atoms with van der Waals surface area (Å²) in [5, 5.41) is 13.2. The van der Waals surface area contributed by atoms with Crippen molar-refractivity contribution in [3.05, 3.63) is 124 Å². The third-order valence-electron chi connectivity index (χ3n) is 6.66. The molecule has 0 amide bonds. The lowest BCUT2D eigenvalue weighted by Crippen LogP contribution is -2.33. The van der Waals surface area contributed by atoms with E-state index in [1.165, 1.54) is 30.7 Å². The summed E-state index contributed by atoms with van der Waals surface area (Å²) in [5.74, 6) is 1.03. The second-order valence-electron chi connectivity index (χ2n) is 9.31. The van der Waals surface area contributed by atoms with E-state index in [0.29, 0.717) is 45.8 Å². The lowest BCUT2D eigenvalue weighted by Gasteiger charge is -2.27. The van der Waals surface area contributed by atoms with Gasteiger partial charge in [0.05, 0.1) is 37.9 Å². The van der Waals surface area contributed by atoms with Crippen molar-refractivity contribution in [2.75, 3.05) is 18.5 Å². The maximum absolute atomic E-state index is 14.4. The van der Waals surface area contributed by atoms with Crippen molar-refractivity contribution in [1.29, 1.82) is 0 Å². The van der Waals surface area contributed by atoms with Crippen LogP contribution in [0.15, 0.2) is 95.9 Å². The predicted octanol–water partition coefficient (Wildman–Crippen LogP) is 6.03. The highest BCUT2D eigenvalue weighted by Crippen LogP contribution is 2.36. The molecule has 0 aliphatic carbocycles. The molecule has 0 atom stereocenters. The molecule has 9 nitrogen and oxygen atoms in total. The third-order valence-corrected chi connectivity index (χ3v) is 9.02. The molecule has 0 bridgehead atoms. The van der Waals surface area contributed by atoms with Gasteiger partial charge in [-0.1, -0.05) is 71.7 Å². The number of anilines is 1. The van der Waals surface area contributed by atoms with Gasteiger partial charge in [-0.3, -0.25) is 4.31 Å². The number of methoxy groups -OCH3 is 2. The molecule has 1 aromatic heterocycles. The van der Waals surface area contributed by atoms with Gasteiger partial charge in [-0.05, 0) is 63.5 Å². The average molecular weight is 625 g/mol. The zero-order valence-corrected chi connectivity index (χ0v) is 25.1. The summed E-state index contributed by atoms with van der Waals surface area (Å²) in [4.78, 5) is 0.000812. The smallest absolute Gasteiger partial charge is 0.264 e. The zero-order chi connectivity index (χ0) is 29.7. The number of tetrazole rings is 1. The fourth-order valence-corrected chi connectivity index (χ4v) is 6.40. The minimum absolute atomic E-state index is 0.000812. The Morgan fingerprint density at radius 1 is 0.833 bits per heavy atom. The summed E-state index contributed by atoms with van der Waals surface area (Å²) in [7, 11) is -1.27. The van der Waals surface area contributed by atoms with Gasteiger partial charge in [0.25, 0.3) is 10.0 Å². The molecular weight excluding hydrogens is 597 g/mol. The molecule has 5 aromatic rings. The number of hydrogen-bond acceptors (Lipinski definition) is 7. The van der Waals surface area contributed by atoms with Gasteiger partial charge in [0.2, 0.25) is 0 Å². The Kier molecular flexibility index (Phi) is 8.96. The van der Waals surface area contributed by atoms with E-state index < -0.39 is 10.0 Å². The molecule has 4 aromatic carbocycles.